The first kappa shape index (κ1) is 17.7. The van der Waals surface area contributed by atoms with E-state index in [2.05, 4.69) is 7.41 Å². The Kier molecular flexibility index (Phi) is 6.85. The molecule has 0 saturated carbocycles. The fourth-order valence-electron chi connectivity index (χ4n) is 1.02. The maximum atomic E-state index is 12.5. The molecule has 0 fully saturated rings. The zero-order valence-corrected chi connectivity index (χ0v) is 12.4. The van der Waals surface area contributed by atoms with E-state index in [-0.39, 0.29) is 3.57 Å². The molecule has 4 nitrogen and oxygen atoms in total. The first-order chi connectivity index (χ1) is 9.85. The molecule has 0 radical (unpaired) electrons. The normalized spacial score (nSPS) is 12.8. The van der Waals surface area contributed by atoms with Gasteiger partial charge in [0.05, 0.1) is 0 Å². The van der Waals surface area contributed by atoms with Crippen LogP contribution >= 0.6 is 20.6 Å². The zero-order valence-electron chi connectivity index (χ0n) is 10.3. The predicted octanol–water partition coefficient (Wildman–Crippen LogP) is 3.10. The first-order valence-electron chi connectivity index (χ1n) is 5.36. The average molecular weight is 426 g/mol. The summed E-state index contributed by atoms with van der Waals surface area (Å²) in [6, 6.07) is 7.44. The van der Waals surface area contributed by atoms with Crippen LogP contribution in [0.1, 0.15) is 0 Å². The molecular formula is C10H9BF5IO4. The molecule has 0 spiro atoms. The molecule has 0 aliphatic carbocycles. The van der Waals surface area contributed by atoms with Crippen molar-refractivity contribution in [1.29, 1.82) is 0 Å². The van der Waals surface area contributed by atoms with E-state index in [0.717, 1.165) is 0 Å². The molecule has 0 aliphatic heterocycles. The molecule has 11 heteroatoms. The Bertz CT molecular complexity index is 496. The molecule has 1 aromatic rings. The number of hydrogen-bond acceptors (Lipinski definition) is 3. The van der Waals surface area contributed by atoms with Gasteiger partial charge in [0.2, 0.25) is 0 Å². The molecule has 0 aliphatic rings. The van der Waals surface area contributed by atoms with Crippen molar-refractivity contribution in [3.05, 3.63) is 33.9 Å². The number of alkyl halides is 2. The van der Waals surface area contributed by atoms with Gasteiger partial charge in [0.1, 0.15) is 0 Å². The van der Waals surface area contributed by atoms with Crippen molar-refractivity contribution >= 4 is 39.8 Å². The quantitative estimate of drug-likeness (QED) is 0.304. The van der Waals surface area contributed by atoms with Gasteiger partial charge >= 0.3 is 124 Å². The second-order valence-corrected chi connectivity index (χ2v) is 6.68. The summed E-state index contributed by atoms with van der Waals surface area (Å²) in [4.78, 5) is 11.0. The van der Waals surface area contributed by atoms with Gasteiger partial charge in [0.25, 0.3) is 0 Å². The molecular weight excluding hydrogens is 417 g/mol. The van der Waals surface area contributed by atoms with E-state index in [1.807, 2.05) is 0 Å². The van der Waals surface area contributed by atoms with Crippen molar-refractivity contribution in [2.75, 3.05) is 13.3 Å². The van der Waals surface area contributed by atoms with Gasteiger partial charge in [-0.15, -0.1) is 0 Å². The van der Waals surface area contributed by atoms with Crippen molar-refractivity contribution in [1.82, 2.24) is 0 Å². The molecule has 0 amide bonds. The van der Waals surface area contributed by atoms with Crippen molar-refractivity contribution in [3.8, 4) is 0 Å². The van der Waals surface area contributed by atoms with Gasteiger partial charge in [-0.3, -0.25) is 0 Å². The standard InChI is InChI=1S/C10H9BF5IO4/c12-6-9(18)20-17(8-4-2-1-3-5-8)21-10(7-13)19-11(14,15)16/h1-5H,6-7H2. The molecule has 0 bridgehead atoms. The number of carbonyl (C=O) groups is 1. The topological polar surface area (TPSA) is 46.8 Å². The fourth-order valence-corrected chi connectivity index (χ4v) is 3.85. The van der Waals surface area contributed by atoms with Crippen LogP contribution in [0.4, 0.5) is 21.7 Å². The number of halogens is 6. The first-order valence-corrected chi connectivity index (χ1v) is 8.20. The molecule has 1 rings (SSSR count). The second-order valence-electron chi connectivity index (χ2n) is 3.31. The van der Waals surface area contributed by atoms with Crippen molar-refractivity contribution < 1.29 is 37.0 Å². The summed E-state index contributed by atoms with van der Waals surface area (Å²) in [6.07, 6.45) is 0. The molecule has 0 saturated heterocycles. The van der Waals surface area contributed by atoms with E-state index in [9.17, 15) is 26.5 Å². The van der Waals surface area contributed by atoms with Gasteiger partial charge < -0.3 is 0 Å². The molecule has 0 aromatic heterocycles. The molecule has 0 atom stereocenters. The van der Waals surface area contributed by atoms with Crippen LogP contribution < -0.4 is 0 Å². The Morgan fingerprint density at radius 2 is 1.71 bits per heavy atom. The van der Waals surface area contributed by atoms with E-state index in [4.69, 9.17) is 3.07 Å². The van der Waals surface area contributed by atoms with Crippen LogP contribution in [0.15, 0.2) is 30.3 Å². The van der Waals surface area contributed by atoms with Crippen LogP contribution in [0.25, 0.3) is 0 Å². The number of benzene rings is 1. The summed E-state index contributed by atoms with van der Waals surface area (Å²) in [7, 11) is -5.78. The van der Waals surface area contributed by atoms with E-state index in [1.165, 1.54) is 24.3 Å². The minimum atomic E-state index is -5.78. The van der Waals surface area contributed by atoms with E-state index >= 15 is 0 Å². The van der Waals surface area contributed by atoms with Gasteiger partial charge in [-0.05, 0) is 0 Å². The number of carbonyl (C=O) groups excluding carboxylic acids is 2. The monoisotopic (exact) mass is 426 g/mol. The fraction of sp³-hybridized carbons (Fsp3) is 0.200. The molecule has 0 N–H and O–H groups in total. The molecule has 118 valence electrons. The Hall–Kier alpha value is -1.40. The summed E-state index contributed by atoms with van der Waals surface area (Å²) < 4.78 is 73.9. The SMILES string of the molecule is O=C(CF)OI(OC(CF)=[O+][B-](F)(F)F)c1ccccc1. The van der Waals surface area contributed by atoms with Gasteiger partial charge in [0.15, 0.2) is 0 Å². The second kappa shape index (κ2) is 8.15. The van der Waals surface area contributed by atoms with Gasteiger partial charge in [0, 0.05) is 0 Å². The summed E-state index contributed by atoms with van der Waals surface area (Å²) in [5.74, 6) is -2.66. The third-order valence-corrected chi connectivity index (χ3v) is 5.23. The van der Waals surface area contributed by atoms with E-state index < -0.39 is 53.1 Å². The summed E-state index contributed by atoms with van der Waals surface area (Å²) >= 11 is -3.51. The molecule has 21 heavy (non-hydrogen) atoms. The average Bonchev–Trinajstić information content (AvgIpc) is 2.45. The summed E-state index contributed by atoms with van der Waals surface area (Å²) in [6.45, 7) is -3.14. The van der Waals surface area contributed by atoms with Gasteiger partial charge in [-0.25, -0.2) is 0 Å². The minimum absolute atomic E-state index is 0.243. The third-order valence-electron chi connectivity index (χ3n) is 1.71. The van der Waals surface area contributed by atoms with Crippen LogP contribution in [0.3, 0.4) is 0 Å². The van der Waals surface area contributed by atoms with Crippen molar-refractivity contribution in [3.63, 3.8) is 0 Å². The third kappa shape index (κ3) is 6.73. The Morgan fingerprint density at radius 3 is 2.19 bits per heavy atom. The Labute approximate surface area is 124 Å². The van der Waals surface area contributed by atoms with Crippen LogP contribution in [0.2, 0.25) is 0 Å². The Morgan fingerprint density at radius 1 is 1.10 bits per heavy atom. The summed E-state index contributed by atoms with van der Waals surface area (Å²) in [5, 5.41) is 0. The Balaban J connectivity index is 2.97. The molecule has 1 aromatic carbocycles. The molecule has 0 heterocycles. The van der Waals surface area contributed by atoms with Crippen LogP contribution in [0, 0.1) is 3.57 Å². The van der Waals surface area contributed by atoms with E-state index in [0.29, 0.717) is 0 Å². The van der Waals surface area contributed by atoms with Crippen LogP contribution in [0.5, 0.6) is 0 Å². The molecule has 0 unspecified atom stereocenters. The van der Waals surface area contributed by atoms with Gasteiger partial charge in [-0.1, -0.05) is 0 Å². The number of rotatable bonds is 6. The van der Waals surface area contributed by atoms with Gasteiger partial charge in [-0.2, -0.15) is 0 Å². The predicted molar refractivity (Wildman–Crippen MR) is 72.4 cm³/mol. The van der Waals surface area contributed by atoms with Crippen LogP contribution in [-0.4, -0.2) is 32.5 Å². The van der Waals surface area contributed by atoms with E-state index in [1.54, 1.807) is 6.07 Å². The number of hydrogen-bond donors (Lipinski definition) is 0. The zero-order chi connectivity index (χ0) is 15.9. The maximum absolute atomic E-state index is 12.5. The van der Waals surface area contributed by atoms with Crippen LogP contribution in [-0.2, 0) is 15.3 Å². The summed E-state index contributed by atoms with van der Waals surface area (Å²) in [5.41, 5.74) is 0. The van der Waals surface area contributed by atoms with Crippen molar-refractivity contribution in [2.45, 2.75) is 0 Å². The van der Waals surface area contributed by atoms with Crippen molar-refractivity contribution in [2.24, 2.45) is 0 Å².